The number of carboxylic acids is 1. The smallest absolute Gasteiger partial charge is 0.320 e. The van der Waals surface area contributed by atoms with E-state index in [2.05, 4.69) is 5.32 Å². The van der Waals surface area contributed by atoms with Gasteiger partial charge in [0.05, 0.1) is 0 Å². The van der Waals surface area contributed by atoms with E-state index in [9.17, 15) is 4.79 Å². The quantitative estimate of drug-likeness (QED) is 0.809. The van der Waals surface area contributed by atoms with E-state index in [1.807, 2.05) is 24.3 Å². The fraction of sp³-hybridized carbons (Fsp3) is 0.364. The van der Waals surface area contributed by atoms with Crippen molar-refractivity contribution in [1.29, 1.82) is 0 Å². The second-order valence-electron chi connectivity index (χ2n) is 3.31. The normalized spacial score (nSPS) is 12.4. The summed E-state index contributed by atoms with van der Waals surface area (Å²) in [5.41, 5.74) is 0.987. The van der Waals surface area contributed by atoms with Gasteiger partial charge in [0.15, 0.2) is 0 Å². The number of carboxylic acid groups (broad SMARTS) is 1. The van der Waals surface area contributed by atoms with E-state index in [0.29, 0.717) is 17.9 Å². The van der Waals surface area contributed by atoms with E-state index in [4.69, 9.17) is 16.7 Å². The van der Waals surface area contributed by atoms with Crippen molar-refractivity contribution in [3.63, 3.8) is 0 Å². The lowest BCUT2D eigenvalue weighted by atomic mass is 10.1. The van der Waals surface area contributed by atoms with Crippen molar-refractivity contribution in [1.82, 2.24) is 5.32 Å². The first kappa shape index (κ1) is 12.0. The molecule has 0 aliphatic carbocycles. The lowest BCUT2D eigenvalue weighted by Crippen LogP contribution is -2.34. The van der Waals surface area contributed by atoms with Gasteiger partial charge in [0.2, 0.25) is 0 Å². The van der Waals surface area contributed by atoms with Crippen molar-refractivity contribution in [2.24, 2.45) is 0 Å². The van der Waals surface area contributed by atoms with E-state index in [1.54, 1.807) is 7.05 Å². The Morgan fingerprint density at radius 3 is 2.73 bits per heavy atom. The zero-order chi connectivity index (χ0) is 11.3. The third-order valence-electron chi connectivity index (χ3n) is 2.31. The van der Waals surface area contributed by atoms with Crippen LogP contribution in [0.15, 0.2) is 24.3 Å². The minimum absolute atomic E-state index is 0.513. The molecule has 1 rings (SSSR count). The minimum atomic E-state index is -0.829. The number of aryl methyl sites for hydroxylation is 1. The topological polar surface area (TPSA) is 49.3 Å². The van der Waals surface area contributed by atoms with Crippen molar-refractivity contribution in [2.45, 2.75) is 18.9 Å². The number of rotatable bonds is 5. The van der Waals surface area contributed by atoms with Gasteiger partial charge < -0.3 is 10.4 Å². The number of carbonyl (C=O) groups is 1. The van der Waals surface area contributed by atoms with Gasteiger partial charge in [-0.2, -0.15) is 0 Å². The molecule has 0 saturated carbocycles. The highest BCUT2D eigenvalue weighted by Gasteiger charge is 2.14. The molecule has 0 unspecified atom stereocenters. The van der Waals surface area contributed by atoms with Crippen molar-refractivity contribution in [3.8, 4) is 0 Å². The van der Waals surface area contributed by atoms with Crippen LogP contribution in [0.25, 0.3) is 0 Å². The SMILES string of the molecule is CN[C@@H](CCc1ccccc1Cl)C(=O)O. The molecule has 0 bridgehead atoms. The molecule has 1 atom stereocenters. The second-order valence-corrected chi connectivity index (χ2v) is 3.72. The average molecular weight is 228 g/mol. The highest BCUT2D eigenvalue weighted by Crippen LogP contribution is 2.17. The van der Waals surface area contributed by atoms with E-state index >= 15 is 0 Å². The zero-order valence-corrected chi connectivity index (χ0v) is 9.29. The Balaban J connectivity index is 2.56. The van der Waals surface area contributed by atoms with E-state index < -0.39 is 12.0 Å². The number of likely N-dealkylation sites (N-methyl/N-ethyl adjacent to an activating group) is 1. The number of hydrogen-bond acceptors (Lipinski definition) is 2. The van der Waals surface area contributed by atoms with Gasteiger partial charge in [0, 0.05) is 5.02 Å². The molecule has 82 valence electrons. The maximum atomic E-state index is 10.7. The Kier molecular flexibility index (Phi) is 4.59. The predicted octanol–water partition coefficient (Wildman–Crippen LogP) is 1.95. The fourth-order valence-corrected chi connectivity index (χ4v) is 1.62. The van der Waals surface area contributed by atoms with Crippen molar-refractivity contribution in [2.75, 3.05) is 7.05 Å². The van der Waals surface area contributed by atoms with Gasteiger partial charge in [-0.1, -0.05) is 29.8 Å². The Labute approximate surface area is 94.1 Å². The standard InChI is InChI=1S/C11H14ClNO2/c1-13-10(11(14)15)7-6-8-4-2-3-5-9(8)12/h2-5,10,13H,6-7H2,1H3,(H,14,15)/t10-/m0/s1. The summed E-state index contributed by atoms with van der Waals surface area (Å²) in [5.74, 6) is -0.829. The van der Waals surface area contributed by atoms with Crippen molar-refractivity contribution >= 4 is 17.6 Å². The van der Waals surface area contributed by atoms with Crippen molar-refractivity contribution in [3.05, 3.63) is 34.9 Å². The first-order chi connectivity index (χ1) is 7.15. The molecule has 0 heterocycles. The third kappa shape index (κ3) is 3.53. The highest BCUT2D eigenvalue weighted by atomic mass is 35.5. The summed E-state index contributed by atoms with van der Waals surface area (Å²) in [6.07, 6.45) is 1.20. The molecule has 0 radical (unpaired) electrons. The molecule has 4 heteroatoms. The third-order valence-corrected chi connectivity index (χ3v) is 2.68. The lowest BCUT2D eigenvalue weighted by molar-refractivity contribution is -0.139. The Hall–Kier alpha value is -1.06. The fourth-order valence-electron chi connectivity index (χ4n) is 1.39. The molecular formula is C11H14ClNO2. The summed E-state index contributed by atoms with van der Waals surface area (Å²) in [4.78, 5) is 10.7. The summed E-state index contributed by atoms with van der Waals surface area (Å²) >= 11 is 5.96. The molecule has 0 aliphatic heterocycles. The molecule has 0 amide bonds. The van der Waals surface area contributed by atoms with E-state index in [0.717, 1.165) is 5.56 Å². The van der Waals surface area contributed by atoms with Crippen molar-refractivity contribution < 1.29 is 9.90 Å². The first-order valence-electron chi connectivity index (χ1n) is 4.78. The van der Waals surface area contributed by atoms with Gasteiger partial charge in [-0.15, -0.1) is 0 Å². The predicted molar refractivity (Wildman–Crippen MR) is 60.3 cm³/mol. The molecular weight excluding hydrogens is 214 g/mol. The molecule has 0 aromatic heterocycles. The van der Waals surface area contributed by atoms with Gasteiger partial charge in [-0.3, -0.25) is 4.79 Å². The monoisotopic (exact) mass is 227 g/mol. The number of benzene rings is 1. The van der Waals surface area contributed by atoms with Crippen LogP contribution in [0, 0.1) is 0 Å². The molecule has 1 aromatic rings. The van der Waals surface area contributed by atoms with Crippen LogP contribution in [0.5, 0.6) is 0 Å². The Morgan fingerprint density at radius 2 is 2.20 bits per heavy atom. The van der Waals surface area contributed by atoms with Crippen LogP contribution in [0.4, 0.5) is 0 Å². The van der Waals surface area contributed by atoms with Crippen LogP contribution in [-0.2, 0) is 11.2 Å². The summed E-state index contributed by atoms with van der Waals surface area (Å²) < 4.78 is 0. The number of aliphatic carboxylic acids is 1. The summed E-state index contributed by atoms with van der Waals surface area (Å²) in [7, 11) is 1.64. The minimum Gasteiger partial charge on any atom is -0.480 e. The summed E-state index contributed by atoms with van der Waals surface area (Å²) in [6.45, 7) is 0. The number of hydrogen-bond donors (Lipinski definition) is 2. The molecule has 0 fully saturated rings. The first-order valence-corrected chi connectivity index (χ1v) is 5.16. The summed E-state index contributed by atoms with van der Waals surface area (Å²) in [6, 6.07) is 6.97. The van der Waals surface area contributed by atoms with Crippen LogP contribution in [-0.4, -0.2) is 24.2 Å². The second kappa shape index (κ2) is 5.73. The molecule has 2 N–H and O–H groups in total. The van der Waals surface area contributed by atoms with E-state index in [1.165, 1.54) is 0 Å². The maximum Gasteiger partial charge on any atom is 0.320 e. The molecule has 3 nitrogen and oxygen atoms in total. The average Bonchev–Trinajstić information content (AvgIpc) is 2.21. The van der Waals surface area contributed by atoms with Gasteiger partial charge in [-0.25, -0.2) is 0 Å². The van der Waals surface area contributed by atoms with Gasteiger partial charge >= 0.3 is 5.97 Å². The summed E-state index contributed by atoms with van der Waals surface area (Å²) in [5, 5.41) is 12.3. The Bertz CT molecular complexity index is 341. The van der Waals surface area contributed by atoms with Crippen LogP contribution in [0.3, 0.4) is 0 Å². The zero-order valence-electron chi connectivity index (χ0n) is 8.53. The highest BCUT2D eigenvalue weighted by molar-refractivity contribution is 6.31. The van der Waals surface area contributed by atoms with Crippen LogP contribution in [0.1, 0.15) is 12.0 Å². The van der Waals surface area contributed by atoms with Crippen LogP contribution >= 0.6 is 11.6 Å². The molecule has 0 saturated heterocycles. The van der Waals surface area contributed by atoms with E-state index in [-0.39, 0.29) is 0 Å². The maximum absolute atomic E-state index is 10.7. The van der Waals surface area contributed by atoms with Gasteiger partial charge in [0.1, 0.15) is 6.04 Å². The van der Waals surface area contributed by atoms with Gasteiger partial charge in [-0.05, 0) is 31.5 Å². The number of nitrogens with one attached hydrogen (secondary N) is 1. The van der Waals surface area contributed by atoms with Crippen LogP contribution in [0.2, 0.25) is 5.02 Å². The Morgan fingerprint density at radius 1 is 1.53 bits per heavy atom. The largest absolute Gasteiger partial charge is 0.480 e. The molecule has 0 spiro atoms. The molecule has 15 heavy (non-hydrogen) atoms. The molecule has 0 aliphatic rings. The van der Waals surface area contributed by atoms with Crippen LogP contribution < -0.4 is 5.32 Å². The number of halogens is 1. The lowest BCUT2D eigenvalue weighted by Gasteiger charge is -2.11. The van der Waals surface area contributed by atoms with Gasteiger partial charge in [0.25, 0.3) is 0 Å². The molecule has 1 aromatic carbocycles.